The lowest BCUT2D eigenvalue weighted by Crippen LogP contribution is -2.33. The maximum Gasteiger partial charge on any atom is 0.214 e. The Kier molecular flexibility index (Phi) is 4.08. The van der Waals surface area contributed by atoms with Gasteiger partial charge in [-0.3, -0.25) is 5.10 Å². The molecular weight excluding hydrogens is 244 g/mol. The van der Waals surface area contributed by atoms with Crippen molar-refractivity contribution in [1.82, 2.24) is 19.9 Å². The van der Waals surface area contributed by atoms with Crippen molar-refractivity contribution in [2.45, 2.75) is 25.4 Å². The molecule has 0 saturated carbocycles. The summed E-state index contributed by atoms with van der Waals surface area (Å²) in [5.74, 6) is 0.716. The second-order valence-electron chi connectivity index (χ2n) is 3.99. The summed E-state index contributed by atoms with van der Waals surface area (Å²) in [5, 5.41) is 6.36. The molecule has 1 aliphatic rings. The number of nitrogens with one attached hydrogen (secondary N) is 2. The number of ether oxygens (including phenoxy) is 1. The van der Waals surface area contributed by atoms with Crippen molar-refractivity contribution >= 4 is 10.0 Å². The fraction of sp³-hybridized carbons (Fsp3) is 0.778. The van der Waals surface area contributed by atoms with Crippen molar-refractivity contribution in [1.29, 1.82) is 0 Å². The molecule has 1 unspecified atom stereocenters. The van der Waals surface area contributed by atoms with Crippen molar-refractivity contribution in [3.05, 3.63) is 12.2 Å². The fourth-order valence-electron chi connectivity index (χ4n) is 1.76. The molecule has 17 heavy (non-hydrogen) atoms. The van der Waals surface area contributed by atoms with Gasteiger partial charge < -0.3 is 4.74 Å². The minimum atomic E-state index is -3.26. The standard InChI is InChI=1S/C9H16N4O3S/c14-17(15,6-8-2-1-5-16-8)12-4-3-9-10-7-11-13-9/h7-8,12H,1-6H2,(H,10,11,13). The van der Waals surface area contributed by atoms with Gasteiger partial charge in [-0.25, -0.2) is 18.1 Å². The Morgan fingerprint density at radius 1 is 1.59 bits per heavy atom. The predicted octanol–water partition coefficient (Wildman–Crippen LogP) is -0.554. The third-order valence-electron chi connectivity index (χ3n) is 2.58. The van der Waals surface area contributed by atoms with Crippen LogP contribution in [-0.4, -0.2) is 48.6 Å². The van der Waals surface area contributed by atoms with Crippen molar-refractivity contribution < 1.29 is 13.2 Å². The van der Waals surface area contributed by atoms with Gasteiger partial charge in [0.2, 0.25) is 10.0 Å². The van der Waals surface area contributed by atoms with Crippen LogP contribution in [0.1, 0.15) is 18.7 Å². The summed E-state index contributed by atoms with van der Waals surface area (Å²) in [5.41, 5.74) is 0. The van der Waals surface area contributed by atoms with E-state index < -0.39 is 10.0 Å². The van der Waals surface area contributed by atoms with Crippen LogP contribution in [0.2, 0.25) is 0 Å². The number of aromatic nitrogens is 3. The van der Waals surface area contributed by atoms with Crippen LogP contribution in [0.5, 0.6) is 0 Å². The number of rotatable bonds is 6. The fourth-order valence-corrected chi connectivity index (χ4v) is 3.04. The molecule has 1 atom stereocenters. The SMILES string of the molecule is O=S(=O)(CC1CCCO1)NCCc1ncn[nH]1. The Morgan fingerprint density at radius 3 is 3.12 bits per heavy atom. The van der Waals surface area contributed by atoms with Crippen LogP contribution in [0.25, 0.3) is 0 Å². The molecule has 1 aromatic heterocycles. The second kappa shape index (κ2) is 5.56. The van der Waals surface area contributed by atoms with E-state index in [1.54, 1.807) is 0 Å². The molecule has 0 aliphatic carbocycles. The Balaban J connectivity index is 1.73. The average molecular weight is 260 g/mol. The smallest absolute Gasteiger partial charge is 0.214 e. The first-order valence-corrected chi connectivity index (χ1v) is 7.24. The molecule has 2 heterocycles. The predicted molar refractivity (Wildman–Crippen MR) is 60.9 cm³/mol. The zero-order chi connectivity index (χ0) is 12.1. The molecule has 0 amide bonds. The van der Waals surface area contributed by atoms with Crippen molar-refractivity contribution in [3.63, 3.8) is 0 Å². The number of H-pyrrole nitrogens is 1. The van der Waals surface area contributed by atoms with E-state index in [4.69, 9.17) is 4.74 Å². The zero-order valence-electron chi connectivity index (χ0n) is 9.42. The van der Waals surface area contributed by atoms with Gasteiger partial charge >= 0.3 is 0 Å². The van der Waals surface area contributed by atoms with Crippen molar-refractivity contribution in [2.75, 3.05) is 18.9 Å². The first-order chi connectivity index (χ1) is 8.16. The van der Waals surface area contributed by atoms with Gasteiger partial charge in [-0.05, 0) is 12.8 Å². The molecule has 1 fully saturated rings. The van der Waals surface area contributed by atoms with Crippen LogP contribution in [0.4, 0.5) is 0 Å². The van der Waals surface area contributed by atoms with Gasteiger partial charge in [-0.15, -0.1) is 0 Å². The van der Waals surface area contributed by atoms with Gasteiger partial charge in [0, 0.05) is 19.6 Å². The normalized spacial score (nSPS) is 20.8. The van der Waals surface area contributed by atoms with Crippen molar-refractivity contribution in [3.8, 4) is 0 Å². The molecule has 2 rings (SSSR count). The van der Waals surface area contributed by atoms with Crippen molar-refractivity contribution in [2.24, 2.45) is 0 Å². The zero-order valence-corrected chi connectivity index (χ0v) is 10.2. The van der Waals surface area contributed by atoms with Gasteiger partial charge in [0.25, 0.3) is 0 Å². The van der Waals surface area contributed by atoms with E-state index in [0.717, 1.165) is 12.8 Å². The largest absolute Gasteiger partial charge is 0.377 e. The highest BCUT2D eigenvalue weighted by molar-refractivity contribution is 7.89. The Bertz CT molecular complexity index is 425. The molecular formula is C9H16N4O3S. The molecule has 0 bridgehead atoms. The first-order valence-electron chi connectivity index (χ1n) is 5.59. The van der Waals surface area contributed by atoms with Gasteiger partial charge in [0.15, 0.2) is 0 Å². The number of sulfonamides is 1. The summed E-state index contributed by atoms with van der Waals surface area (Å²) >= 11 is 0. The molecule has 0 spiro atoms. The van der Waals surface area contributed by atoms with E-state index >= 15 is 0 Å². The van der Waals surface area contributed by atoms with Gasteiger partial charge in [-0.2, -0.15) is 5.10 Å². The molecule has 0 aromatic carbocycles. The Hall–Kier alpha value is -0.990. The molecule has 96 valence electrons. The number of nitrogens with zero attached hydrogens (tertiary/aromatic N) is 2. The van der Waals surface area contributed by atoms with E-state index in [0.29, 0.717) is 25.4 Å². The van der Waals surface area contributed by atoms with E-state index in [-0.39, 0.29) is 11.9 Å². The van der Waals surface area contributed by atoms with Crippen LogP contribution < -0.4 is 4.72 Å². The number of hydrogen-bond donors (Lipinski definition) is 2. The summed E-state index contributed by atoms with van der Waals surface area (Å²) in [6.07, 6.45) is 3.51. The molecule has 8 heteroatoms. The van der Waals surface area contributed by atoms with Gasteiger partial charge in [-0.1, -0.05) is 0 Å². The summed E-state index contributed by atoms with van der Waals surface area (Å²) < 4.78 is 31.2. The third-order valence-corrected chi connectivity index (χ3v) is 4.03. The lowest BCUT2D eigenvalue weighted by Gasteiger charge is -2.10. The summed E-state index contributed by atoms with van der Waals surface area (Å²) in [7, 11) is -3.26. The van der Waals surface area contributed by atoms with Gasteiger partial charge in [0.05, 0.1) is 11.9 Å². The molecule has 1 saturated heterocycles. The second-order valence-corrected chi connectivity index (χ2v) is 5.84. The van der Waals surface area contributed by atoms with Crippen LogP contribution in [0, 0.1) is 0 Å². The van der Waals surface area contributed by atoms with Crippen LogP contribution in [0.15, 0.2) is 6.33 Å². The monoisotopic (exact) mass is 260 g/mol. The summed E-state index contributed by atoms with van der Waals surface area (Å²) in [6.45, 7) is 0.989. The minimum Gasteiger partial charge on any atom is -0.377 e. The topological polar surface area (TPSA) is 97.0 Å². The van der Waals surface area contributed by atoms with E-state index in [2.05, 4.69) is 19.9 Å². The molecule has 2 N–H and O–H groups in total. The average Bonchev–Trinajstić information content (AvgIpc) is 2.89. The number of hydrogen-bond acceptors (Lipinski definition) is 5. The summed E-state index contributed by atoms with van der Waals surface area (Å²) in [6, 6.07) is 0. The molecule has 7 nitrogen and oxygen atoms in total. The first kappa shape index (κ1) is 12.5. The Morgan fingerprint density at radius 2 is 2.47 bits per heavy atom. The quantitative estimate of drug-likeness (QED) is 0.715. The van der Waals surface area contributed by atoms with Crippen LogP contribution in [0.3, 0.4) is 0 Å². The lowest BCUT2D eigenvalue weighted by atomic mass is 10.3. The highest BCUT2D eigenvalue weighted by atomic mass is 32.2. The molecule has 1 aliphatic heterocycles. The van der Waals surface area contributed by atoms with E-state index in [1.807, 2.05) is 0 Å². The number of aromatic amines is 1. The maximum atomic E-state index is 11.7. The molecule has 0 radical (unpaired) electrons. The third kappa shape index (κ3) is 4.06. The van der Waals surface area contributed by atoms with E-state index in [1.165, 1.54) is 6.33 Å². The molecule has 1 aromatic rings. The van der Waals surface area contributed by atoms with Crippen LogP contribution in [-0.2, 0) is 21.2 Å². The minimum absolute atomic E-state index is 0.0450. The Labute approximate surface area is 100 Å². The maximum absolute atomic E-state index is 11.7. The van der Waals surface area contributed by atoms with Crippen LogP contribution >= 0.6 is 0 Å². The highest BCUT2D eigenvalue weighted by Crippen LogP contribution is 2.13. The van der Waals surface area contributed by atoms with E-state index in [9.17, 15) is 8.42 Å². The van der Waals surface area contributed by atoms with Gasteiger partial charge in [0.1, 0.15) is 12.2 Å². The lowest BCUT2D eigenvalue weighted by molar-refractivity contribution is 0.127. The highest BCUT2D eigenvalue weighted by Gasteiger charge is 2.22. The summed E-state index contributed by atoms with van der Waals surface area (Å²) in [4.78, 5) is 3.91.